The van der Waals surface area contributed by atoms with Crippen molar-refractivity contribution in [3.8, 4) is 5.75 Å². The van der Waals surface area contributed by atoms with Crippen LogP contribution in [0.2, 0.25) is 0 Å². The molecule has 0 spiro atoms. The Morgan fingerprint density at radius 3 is 2.86 bits per heavy atom. The number of benzene rings is 1. The molecular formula is C11H11BrOS. The third-order valence-electron chi connectivity index (χ3n) is 2.31. The summed E-state index contributed by atoms with van der Waals surface area (Å²) >= 11 is 5.33. The van der Waals surface area contributed by atoms with Crippen molar-refractivity contribution in [3.63, 3.8) is 0 Å². The molecule has 0 radical (unpaired) electrons. The lowest BCUT2D eigenvalue weighted by Crippen LogP contribution is -1.83. The number of thiophene rings is 1. The minimum absolute atomic E-state index is 0.966. The Bertz CT molecular complexity index is 462. The lowest BCUT2D eigenvalue weighted by atomic mass is 10.1. The van der Waals surface area contributed by atoms with Gasteiger partial charge >= 0.3 is 0 Å². The molecule has 1 nitrogen and oxygen atoms in total. The van der Waals surface area contributed by atoms with E-state index in [2.05, 4.69) is 28.2 Å². The fourth-order valence-electron chi connectivity index (χ4n) is 1.57. The van der Waals surface area contributed by atoms with Crippen molar-refractivity contribution < 1.29 is 4.74 Å². The number of methoxy groups -OCH3 is 1. The summed E-state index contributed by atoms with van der Waals surface area (Å²) < 4.78 is 7.72. The van der Waals surface area contributed by atoms with Crippen LogP contribution in [0.25, 0.3) is 10.1 Å². The smallest absolute Gasteiger partial charge is 0.136 e. The van der Waals surface area contributed by atoms with Gasteiger partial charge in [0.1, 0.15) is 5.75 Å². The van der Waals surface area contributed by atoms with E-state index in [1.807, 2.05) is 12.1 Å². The quantitative estimate of drug-likeness (QED) is 0.794. The lowest BCUT2D eigenvalue weighted by molar-refractivity contribution is 0.420. The van der Waals surface area contributed by atoms with Gasteiger partial charge in [-0.25, -0.2) is 0 Å². The summed E-state index contributed by atoms with van der Waals surface area (Å²) in [6, 6.07) is 4.05. The van der Waals surface area contributed by atoms with Crippen LogP contribution in [0.15, 0.2) is 22.0 Å². The molecule has 1 aromatic heterocycles. The summed E-state index contributed by atoms with van der Waals surface area (Å²) in [5.41, 5.74) is 1.38. The van der Waals surface area contributed by atoms with Crippen LogP contribution in [0.5, 0.6) is 5.75 Å². The Morgan fingerprint density at radius 1 is 1.43 bits per heavy atom. The number of hydrogen-bond acceptors (Lipinski definition) is 2. The van der Waals surface area contributed by atoms with Crippen molar-refractivity contribution in [1.29, 1.82) is 0 Å². The van der Waals surface area contributed by atoms with Gasteiger partial charge in [0.05, 0.1) is 11.8 Å². The fraction of sp³-hybridized carbons (Fsp3) is 0.273. The molecule has 14 heavy (non-hydrogen) atoms. The van der Waals surface area contributed by atoms with Crippen LogP contribution in [-0.4, -0.2) is 7.11 Å². The van der Waals surface area contributed by atoms with Crippen LogP contribution >= 0.6 is 27.3 Å². The van der Waals surface area contributed by atoms with Crippen molar-refractivity contribution in [3.05, 3.63) is 27.5 Å². The van der Waals surface area contributed by atoms with E-state index in [0.717, 1.165) is 16.6 Å². The first-order chi connectivity index (χ1) is 6.77. The van der Waals surface area contributed by atoms with Crippen LogP contribution in [0.3, 0.4) is 0 Å². The molecule has 1 aromatic carbocycles. The number of hydrogen-bond donors (Lipinski definition) is 0. The van der Waals surface area contributed by atoms with E-state index in [1.165, 1.54) is 15.6 Å². The fourth-order valence-corrected chi connectivity index (χ4v) is 3.45. The summed E-state index contributed by atoms with van der Waals surface area (Å²) in [7, 11) is 1.72. The van der Waals surface area contributed by atoms with E-state index >= 15 is 0 Å². The monoisotopic (exact) mass is 270 g/mol. The summed E-state index contributed by atoms with van der Waals surface area (Å²) in [5.74, 6) is 0.966. The predicted molar refractivity (Wildman–Crippen MR) is 65.5 cm³/mol. The molecule has 0 aliphatic heterocycles. The van der Waals surface area contributed by atoms with Gasteiger partial charge in [0.15, 0.2) is 0 Å². The normalized spacial score (nSPS) is 10.8. The standard InChI is InChI=1S/C11H11BrOS/c1-3-7-6-14-11-9(13-2)5-4-8(12)10(7)11/h4-6H,3H2,1-2H3. The molecule has 0 fully saturated rings. The molecule has 2 aromatic rings. The molecule has 0 aliphatic rings. The summed E-state index contributed by atoms with van der Waals surface area (Å²) in [6.07, 6.45) is 1.06. The highest BCUT2D eigenvalue weighted by Crippen LogP contribution is 2.38. The highest BCUT2D eigenvalue weighted by atomic mass is 79.9. The van der Waals surface area contributed by atoms with E-state index < -0.39 is 0 Å². The Balaban J connectivity index is 2.80. The maximum absolute atomic E-state index is 5.33. The molecule has 0 atom stereocenters. The zero-order valence-corrected chi connectivity index (χ0v) is 10.5. The minimum Gasteiger partial charge on any atom is -0.495 e. The molecule has 0 bridgehead atoms. The predicted octanol–water partition coefficient (Wildman–Crippen LogP) is 4.23. The maximum atomic E-state index is 5.33. The van der Waals surface area contributed by atoms with Crippen molar-refractivity contribution in [2.24, 2.45) is 0 Å². The average Bonchev–Trinajstić information content (AvgIpc) is 2.63. The van der Waals surface area contributed by atoms with Crippen LogP contribution in [-0.2, 0) is 6.42 Å². The third kappa shape index (κ3) is 1.44. The average molecular weight is 271 g/mol. The zero-order valence-electron chi connectivity index (χ0n) is 8.13. The molecular weight excluding hydrogens is 260 g/mol. The Morgan fingerprint density at radius 2 is 2.21 bits per heavy atom. The van der Waals surface area contributed by atoms with Crippen molar-refractivity contribution in [2.45, 2.75) is 13.3 Å². The molecule has 0 amide bonds. The zero-order chi connectivity index (χ0) is 10.1. The molecule has 2 rings (SSSR count). The van der Waals surface area contributed by atoms with Crippen LogP contribution in [0, 0.1) is 0 Å². The molecule has 0 saturated heterocycles. The van der Waals surface area contributed by atoms with E-state index in [1.54, 1.807) is 18.4 Å². The topological polar surface area (TPSA) is 9.23 Å². The second-order valence-electron chi connectivity index (χ2n) is 3.07. The molecule has 0 unspecified atom stereocenters. The summed E-state index contributed by atoms with van der Waals surface area (Å²) in [6.45, 7) is 2.17. The van der Waals surface area contributed by atoms with Gasteiger partial charge in [-0.3, -0.25) is 0 Å². The Kier molecular flexibility index (Phi) is 2.79. The number of rotatable bonds is 2. The Hall–Kier alpha value is -0.540. The second kappa shape index (κ2) is 3.91. The number of fused-ring (bicyclic) bond motifs is 1. The van der Waals surface area contributed by atoms with Gasteiger partial charge in [-0.15, -0.1) is 11.3 Å². The van der Waals surface area contributed by atoms with Gasteiger partial charge in [-0.2, -0.15) is 0 Å². The first kappa shape index (κ1) is 9.99. The molecule has 0 saturated carbocycles. The summed E-state index contributed by atoms with van der Waals surface area (Å²) in [5, 5.41) is 3.51. The minimum atomic E-state index is 0.966. The summed E-state index contributed by atoms with van der Waals surface area (Å²) in [4.78, 5) is 0. The van der Waals surface area contributed by atoms with E-state index in [0.29, 0.717) is 0 Å². The van der Waals surface area contributed by atoms with E-state index in [9.17, 15) is 0 Å². The molecule has 1 heterocycles. The largest absolute Gasteiger partial charge is 0.495 e. The highest BCUT2D eigenvalue weighted by Gasteiger charge is 2.10. The number of aryl methyl sites for hydroxylation is 1. The van der Waals surface area contributed by atoms with Crippen LogP contribution in [0.4, 0.5) is 0 Å². The van der Waals surface area contributed by atoms with E-state index in [-0.39, 0.29) is 0 Å². The maximum Gasteiger partial charge on any atom is 0.136 e. The van der Waals surface area contributed by atoms with E-state index in [4.69, 9.17) is 4.74 Å². The molecule has 0 N–H and O–H groups in total. The lowest BCUT2D eigenvalue weighted by Gasteiger charge is -2.03. The molecule has 3 heteroatoms. The SMILES string of the molecule is CCc1csc2c(OC)ccc(Br)c12. The molecule has 74 valence electrons. The third-order valence-corrected chi connectivity index (χ3v) is 4.02. The number of halogens is 1. The first-order valence-corrected chi connectivity index (χ1v) is 6.17. The number of ether oxygens (including phenoxy) is 1. The highest BCUT2D eigenvalue weighted by molar-refractivity contribution is 9.10. The van der Waals surface area contributed by atoms with Gasteiger partial charge in [0.2, 0.25) is 0 Å². The first-order valence-electron chi connectivity index (χ1n) is 4.50. The van der Waals surface area contributed by atoms with Crippen molar-refractivity contribution >= 4 is 37.4 Å². The van der Waals surface area contributed by atoms with Crippen molar-refractivity contribution in [1.82, 2.24) is 0 Å². The van der Waals surface area contributed by atoms with Gasteiger partial charge in [-0.05, 0) is 29.5 Å². The molecule has 0 aliphatic carbocycles. The van der Waals surface area contributed by atoms with Gasteiger partial charge in [0.25, 0.3) is 0 Å². The van der Waals surface area contributed by atoms with Gasteiger partial charge in [-0.1, -0.05) is 22.9 Å². The Labute approximate surface area is 95.8 Å². The second-order valence-corrected chi connectivity index (χ2v) is 4.80. The van der Waals surface area contributed by atoms with Gasteiger partial charge < -0.3 is 4.74 Å². The van der Waals surface area contributed by atoms with Crippen LogP contribution in [0.1, 0.15) is 12.5 Å². The van der Waals surface area contributed by atoms with Gasteiger partial charge in [0, 0.05) is 9.86 Å². The van der Waals surface area contributed by atoms with Crippen LogP contribution < -0.4 is 4.74 Å². The van der Waals surface area contributed by atoms with Crippen molar-refractivity contribution in [2.75, 3.05) is 7.11 Å².